The number of hydrogen-bond acceptors (Lipinski definition) is 4. The predicted molar refractivity (Wildman–Crippen MR) is 60.1 cm³/mol. The van der Waals surface area contributed by atoms with Gasteiger partial charge >= 0.3 is 0 Å². The molecule has 0 spiro atoms. The molecule has 2 amide bonds. The summed E-state index contributed by atoms with van der Waals surface area (Å²) in [5.74, 6) is 4.06. The Bertz CT molecular complexity index is 406. The summed E-state index contributed by atoms with van der Waals surface area (Å²) in [6.07, 6.45) is 0. The first-order chi connectivity index (χ1) is 7.56. The molecule has 1 rings (SSSR count). The average Bonchev–Trinajstić information content (AvgIpc) is 2.28. The van der Waals surface area contributed by atoms with Crippen LogP contribution in [0.5, 0.6) is 0 Å². The number of rotatable bonds is 3. The molecular weight excluding hydrogens is 208 g/mol. The minimum atomic E-state index is -0.711. The van der Waals surface area contributed by atoms with E-state index in [0.717, 1.165) is 0 Å². The first kappa shape index (κ1) is 12.0. The molecule has 0 heterocycles. The lowest BCUT2D eigenvalue weighted by Gasteiger charge is -2.12. The van der Waals surface area contributed by atoms with Gasteiger partial charge in [0.1, 0.15) is 6.04 Å². The van der Waals surface area contributed by atoms with Crippen LogP contribution in [-0.2, 0) is 4.79 Å². The highest BCUT2D eigenvalue weighted by Crippen LogP contribution is 2.10. The minimum absolute atomic E-state index is 0.333. The van der Waals surface area contributed by atoms with Gasteiger partial charge in [0.2, 0.25) is 0 Å². The zero-order valence-electron chi connectivity index (χ0n) is 8.86. The van der Waals surface area contributed by atoms with Gasteiger partial charge in [-0.25, -0.2) is 5.84 Å². The lowest BCUT2D eigenvalue weighted by molar-refractivity contribution is -0.122. The molecule has 1 atom stereocenters. The number of hydrogen-bond donors (Lipinski definition) is 4. The van der Waals surface area contributed by atoms with Crippen LogP contribution in [-0.4, -0.2) is 17.9 Å². The second-order valence-electron chi connectivity index (χ2n) is 3.29. The molecule has 1 aromatic rings. The standard InChI is InChI=1S/C10H14N4O2/c1-6(9(15)14-12)13-10(16)7-4-2-3-5-8(7)11/h2-6H,11-12H2,1H3,(H,13,16)(H,14,15). The molecule has 1 unspecified atom stereocenters. The first-order valence-corrected chi connectivity index (χ1v) is 4.72. The van der Waals surface area contributed by atoms with Gasteiger partial charge in [-0.05, 0) is 19.1 Å². The largest absolute Gasteiger partial charge is 0.398 e. The number of anilines is 1. The van der Waals surface area contributed by atoms with Gasteiger partial charge in [-0.3, -0.25) is 15.0 Å². The Morgan fingerprint density at radius 1 is 1.31 bits per heavy atom. The highest BCUT2D eigenvalue weighted by Gasteiger charge is 2.16. The SMILES string of the molecule is CC(NC(=O)c1ccccc1N)C(=O)NN. The highest BCUT2D eigenvalue weighted by molar-refractivity contribution is 6.01. The molecule has 6 nitrogen and oxygen atoms in total. The summed E-state index contributed by atoms with van der Waals surface area (Å²) < 4.78 is 0. The molecular formula is C10H14N4O2. The topological polar surface area (TPSA) is 110 Å². The third-order valence-electron chi connectivity index (χ3n) is 2.09. The Morgan fingerprint density at radius 3 is 2.50 bits per heavy atom. The van der Waals surface area contributed by atoms with Crippen LogP contribution in [0.25, 0.3) is 0 Å². The Morgan fingerprint density at radius 2 is 1.94 bits per heavy atom. The molecule has 0 aliphatic rings. The molecule has 16 heavy (non-hydrogen) atoms. The fourth-order valence-corrected chi connectivity index (χ4v) is 1.17. The van der Waals surface area contributed by atoms with Crippen LogP contribution in [0.2, 0.25) is 0 Å². The van der Waals surface area contributed by atoms with Crippen LogP contribution in [0.4, 0.5) is 5.69 Å². The fourth-order valence-electron chi connectivity index (χ4n) is 1.17. The van der Waals surface area contributed by atoms with E-state index in [2.05, 4.69) is 5.32 Å². The highest BCUT2D eigenvalue weighted by atomic mass is 16.2. The lowest BCUT2D eigenvalue weighted by Crippen LogP contribution is -2.47. The minimum Gasteiger partial charge on any atom is -0.398 e. The molecule has 1 aromatic carbocycles. The van der Waals surface area contributed by atoms with Gasteiger partial charge in [-0.15, -0.1) is 0 Å². The van der Waals surface area contributed by atoms with Crippen molar-refractivity contribution in [2.75, 3.05) is 5.73 Å². The van der Waals surface area contributed by atoms with E-state index in [1.54, 1.807) is 24.3 Å². The Hall–Kier alpha value is -2.08. The summed E-state index contributed by atoms with van der Waals surface area (Å²) in [5, 5.41) is 2.48. The molecule has 0 saturated carbocycles. The van der Waals surface area contributed by atoms with Crippen LogP contribution in [0.15, 0.2) is 24.3 Å². The number of nitrogen functional groups attached to an aromatic ring is 1. The van der Waals surface area contributed by atoms with Crippen molar-refractivity contribution in [2.24, 2.45) is 5.84 Å². The van der Waals surface area contributed by atoms with E-state index < -0.39 is 17.9 Å². The monoisotopic (exact) mass is 222 g/mol. The number of para-hydroxylation sites is 1. The summed E-state index contributed by atoms with van der Waals surface area (Å²) in [4.78, 5) is 22.8. The van der Waals surface area contributed by atoms with E-state index >= 15 is 0 Å². The van der Waals surface area contributed by atoms with E-state index in [9.17, 15) is 9.59 Å². The molecule has 0 saturated heterocycles. The molecule has 0 aromatic heterocycles. The number of nitrogens with two attached hydrogens (primary N) is 2. The van der Waals surface area contributed by atoms with E-state index in [-0.39, 0.29) is 0 Å². The van der Waals surface area contributed by atoms with Gasteiger partial charge in [0.15, 0.2) is 0 Å². The van der Waals surface area contributed by atoms with Gasteiger partial charge < -0.3 is 11.1 Å². The number of benzene rings is 1. The number of carbonyl (C=O) groups is 2. The van der Waals surface area contributed by atoms with Gasteiger partial charge in [0, 0.05) is 5.69 Å². The number of amides is 2. The Kier molecular flexibility index (Phi) is 3.84. The number of carbonyl (C=O) groups excluding carboxylic acids is 2. The van der Waals surface area contributed by atoms with Crippen LogP contribution in [0.3, 0.4) is 0 Å². The molecule has 86 valence electrons. The summed E-state index contributed by atoms with van der Waals surface area (Å²) >= 11 is 0. The van der Waals surface area contributed by atoms with Crippen molar-refractivity contribution in [2.45, 2.75) is 13.0 Å². The zero-order valence-corrected chi connectivity index (χ0v) is 8.86. The third-order valence-corrected chi connectivity index (χ3v) is 2.09. The van der Waals surface area contributed by atoms with Crippen LogP contribution in [0.1, 0.15) is 17.3 Å². The Labute approximate surface area is 93.0 Å². The third kappa shape index (κ3) is 2.71. The van der Waals surface area contributed by atoms with E-state index in [4.69, 9.17) is 11.6 Å². The maximum Gasteiger partial charge on any atom is 0.256 e. The first-order valence-electron chi connectivity index (χ1n) is 4.72. The fraction of sp³-hybridized carbons (Fsp3) is 0.200. The van der Waals surface area contributed by atoms with Gasteiger partial charge in [-0.1, -0.05) is 12.1 Å². The van der Waals surface area contributed by atoms with Crippen molar-refractivity contribution in [3.05, 3.63) is 29.8 Å². The summed E-state index contributed by atoms with van der Waals surface area (Å²) in [7, 11) is 0. The zero-order chi connectivity index (χ0) is 12.1. The van der Waals surface area contributed by atoms with E-state index in [1.165, 1.54) is 6.92 Å². The van der Waals surface area contributed by atoms with Crippen molar-refractivity contribution in [1.82, 2.24) is 10.7 Å². The molecule has 0 fully saturated rings. The van der Waals surface area contributed by atoms with Gasteiger partial charge in [0.05, 0.1) is 5.56 Å². The molecule has 6 heteroatoms. The van der Waals surface area contributed by atoms with Crippen molar-refractivity contribution in [1.29, 1.82) is 0 Å². The van der Waals surface area contributed by atoms with Crippen LogP contribution in [0, 0.1) is 0 Å². The molecule has 0 aliphatic heterocycles. The average molecular weight is 222 g/mol. The van der Waals surface area contributed by atoms with Crippen molar-refractivity contribution < 1.29 is 9.59 Å². The summed E-state index contributed by atoms with van der Waals surface area (Å²) in [6.45, 7) is 1.53. The van der Waals surface area contributed by atoms with E-state index in [0.29, 0.717) is 11.3 Å². The lowest BCUT2D eigenvalue weighted by atomic mass is 10.1. The van der Waals surface area contributed by atoms with Crippen molar-refractivity contribution >= 4 is 17.5 Å². The number of hydrazine groups is 1. The van der Waals surface area contributed by atoms with Crippen molar-refractivity contribution in [3.63, 3.8) is 0 Å². The van der Waals surface area contributed by atoms with Crippen LogP contribution >= 0.6 is 0 Å². The smallest absolute Gasteiger partial charge is 0.256 e. The molecule has 0 bridgehead atoms. The van der Waals surface area contributed by atoms with Crippen molar-refractivity contribution in [3.8, 4) is 0 Å². The molecule has 0 radical (unpaired) electrons. The summed E-state index contributed by atoms with van der Waals surface area (Å²) in [6, 6.07) is 5.90. The molecule has 0 aliphatic carbocycles. The number of nitrogens with one attached hydrogen (secondary N) is 2. The van der Waals surface area contributed by atoms with Crippen LogP contribution < -0.4 is 22.3 Å². The Balaban J connectivity index is 2.73. The maximum absolute atomic E-state index is 11.7. The quantitative estimate of drug-likeness (QED) is 0.236. The normalized spacial score (nSPS) is 11.6. The second-order valence-corrected chi connectivity index (χ2v) is 3.29. The second kappa shape index (κ2) is 5.13. The maximum atomic E-state index is 11.7. The summed E-state index contributed by atoms with van der Waals surface area (Å²) in [5.41, 5.74) is 8.26. The van der Waals surface area contributed by atoms with Gasteiger partial charge in [-0.2, -0.15) is 0 Å². The van der Waals surface area contributed by atoms with Gasteiger partial charge in [0.25, 0.3) is 11.8 Å². The molecule has 6 N–H and O–H groups in total. The van der Waals surface area contributed by atoms with E-state index in [1.807, 2.05) is 5.43 Å². The predicted octanol–water partition coefficient (Wildman–Crippen LogP) is -0.623.